The predicted octanol–water partition coefficient (Wildman–Crippen LogP) is 5.20. The molecule has 4 aromatic rings. The Kier molecular flexibility index (Phi) is 7.10. The highest BCUT2D eigenvalue weighted by molar-refractivity contribution is 6.38. The minimum atomic E-state index is -0.924. The molecule has 0 fully saturated rings. The maximum Gasteiger partial charge on any atom is 0.328 e. The molecule has 0 bridgehead atoms. The predicted molar refractivity (Wildman–Crippen MR) is 138 cm³/mol. The van der Waals surface area contributed by atoms with E-state index in [1.807, 2.05) is 32.0 Å². The maximum atomic E-state index is 13.2. The number of halogens is 2. The monoisotopic (exact) mass is 508 g/mol. The van der Waals surface area contributed by atoms with E-state index in [1.54, 1.807) is 48.5 Å². The fourth-order valence-electron chi connectivity index (χ4n) is 3.73. The van der Waals surface area contributed by atoms with Crippen LogP contribution < -0.4 is 16.1 Å². The number of carbonyl (C=O) groups is 3. The third kappa shape index (κ3) is 5.82. The fraction of sp³-hybridized carbons (Fsp3) is 0.115. The number of rotatable bonds is 5. The first kappa shape index (κ1) is 24.3. The summed E-state index contributed by atoms with van der Waals surface area (Å²) in [4.78, 5) is 38.3. The molecule has 0 saturated heterocycles. The molecule has 3 N–H and O–H groups in total. The van der Waals surface area contributed by atoms with Crippen LogP contribution in [0, 0.1) is 13.8 Å². The number of aromatic nitrogens is 1. The Hall–Kier alpha value is -3.81. The van der Waals surface area contributed by atoms with Gasteiger partial charge in [0.2, 0.25) is 0 Å². The van der Waals surface area contributed by atoms with Gasteiger partial charge in [0.25, 0.3) is 5.91 Å². The highest BCUT2D eigenvalue weighted by Crippen LogP contribution is 2.24. The summed E-state index contributed by atoms with van der Waals surface area (Å²) < 4.78 is 1.29. The first-order valence-corrected chi connectivity index (χ1v) is 11.5. The molecule has 0 radical (unpaired) electrons. The molecule has 1 aromatic heterocycles. The van der Waals surface area contributed by atoms with Gasteiger partial charge in [-0.2, -0.15) is 0 Å². The number of benzene rings is 3. The van der Waals surface area contributed by atoms with Gasteiger partial charge in [-0.1, -0.05) is 41.4 Å². The Morgan fingerprint density at radius 1 is 0.800 bits per heavy atom. The smallest absolute Gasteiger partial charge is 0.328 e. The van der Waals surface area contributed by atoms with E-state index in [-0.39, 0.29) is 12.2 Å². The fourth-order valence-corrected chi connectivity index (χ4v) is 4.04. The summed E-state index contributed by atoms with van der Waals surface area (Å²) in [6, 6.07) is 19.2. The summed E-state index contributed by atoms with van der Waals surface area (Å²) in [7, 11) is 0. The molecule has 1 heterocycles. The number of hydrogen-bond donors (Lipinski definition) is 3. The lowest BCUT2D eigenvalue weighted by Crippen LogP contribution is -2.39. The van der Waals surface area contributed by atoms with Crippen molar-refractivity contribution >= 4 is 57.5 Å². The van der Waals surface area contributed by atoms with Crippen LogP contribution in [0.25, 0.3) is 10.9 Å². The van der Waals surface area contributed by atoms with Gasteiger partial charge in [-0.05, 0) is 79.1 Å². The summed E-state index contributed by atoms with van der Waals surface area (Å²) in [5, 5.41) is 7.09. The Morgan fingerprint density at radius 3 is 2.14 bits per heavy atom. The van der Waals surface area contributed by atoms with E-state index in [9.17, 15) is 14.4 Å². The zero-order valence-electron chi connectivity index (χ0n) is 19.0. The molecule has 0 spiro atoms. The van der Waals surface area contributed by atoms with Crippen molar-refractivity contribution in [3.8, 4) is 0 Å². The van der Waals surface area contributed by atoms with Crippen LogP contribution in [0.5, 0.6) is 0 Å². The molecule has 0 aliphatic carbocycles. The van der Waals surface area contributed by atoms with Crippen molar-refractivity contribution < 1.29 is 14.4 Å². The summed E-state index contributed by atoms with van der Waals surface area (Å²) in [5.41, 5.74) is 6.58. The Morgan fingerprint density at radius 2 is 1.46 bits per heavy atom. The molecule has 9 heteroatoms. The maximum absolute atomic E-state index is 13.2. The van der Waals surface area contributed by atoms with Gasteiger partial charge in [-0.3, -0.25) is 19.8 Å². The van der Waals surface area contributed by atoms with E-state index in [4.69, 9.17) is 23.2 Å². The van der Waals surface area contributed by atoms with Crippen LogP contribution >= 0.6 is 23.2 Å². The molecule has 4 rings (SSSR count). The van der Waals surface area contributed by atoms with Crippen LogP contribution in [0.2, 0.25) is 10.0 Å². The van der Waals surface area contributed by atoms with Crippen molar-refractivity contribution in [2.24, 2.45) is 0 Å². The molecule has 0 aliphatic rings. The lowest BCUT2D eigenvalue weighted by molar-refractivity contribution is -0.136. The van der Waals surface area contributed by atoms with E-state index in [2.05, 4.69) is 16.1 Å². The lowest BCUT2D eigenvalue weighted by Gasteiger charge is -2.13. The van der Waals surface area contributed by atoms with Crippen LogP contribution in [0.3, 0.4) is 0 Å². The molecule has 3 aromatic carbocycles. The van der Waals surface area contributed by atoms with E-state index in [1.165, 1.54) is 4.68 Å². The van der Waals surface area contributed by atoms with Crippen molar-refractivity contribution in [3.05, 3.63) is 99.2 Å². The first-order chi connectivity index (χ1) is 16.7. The lowest BCUT2D eigenvalue weighted by atomic mass is 10.1. The van der Waals surface area contributed by atoms with Crippen molar-refractivity contribution in [1.29, 1.82) is 0 Å². The summed E-state index contributed by atoms with van der Waals surface area (Å²) >= 11 is 12.0. The van der Waals surface area contributed by atoms with Crippen LogP contribution in [-0.2, 0) is 16.1 Å². The van der Waals surface area contributed by atoms with Gasteiger partial charge in [0.1, 0.15) is 5.69 Å². The van der Waals surface area contributed by atoms with Gasteiger partial charge in [0.15, 0.2) is 0 Å². The van der Waals surface area contributed by atoms with E-state index >= 15 is 0 Å². The highest BCUT2D eigenvalue weighted by Gasteiger charge is 2.21. The van der Waals surface area contributed by atoms with Crippen LogP contribution in [0.4, 0.5) is 5.69 Å². The van der Waals surface area contributed by atoms with Gasteiger partial charge in [-0.15, -0.1) is 0 Å². The van der Waals surface area contributed by atoms with Crippen molar-refractivity contribution in [2.45, 2.75) is 20.4 Å². The molecular weight excluding hydrogens is 487 g/mol. The molecule has 0 atom stereocenters. The van der Waals surface area contributed by atoms with Gasteiger partial charge >= 0.3 is 11.8 Å². The average Bonchev–Trinajstić information content (AvgIpc) is 3.15. The van der Waals surface area contributed by atoms with Crippen molar-refractivity contribution in [3.63, 3.8) is 0 Å². The minimum Gasteiger partial charge on any atom is -0.344 e. The summed E-state index contributed by atoms with van der Waals surface area (Å²) in [5.74, 6) is -2.23. The van der Waals surface area contributed by atoms with Crippen LogP contribution in [0.1, 0.15) is 27.2 Å². The van der Waals surface area contributed by atoms with Gasteiger partial charge in [-0.25, -0.2) is 4.68 Å². The molecule has 35 heavy (non-hydrogen) atoms. The molecule has 7 nitrogen and oxygen atoms in total. The molecule has 0 saturated carbocycles. The number of nitrogens with zero attached hydrogens (tertiary/aromatic N) is 1. The van der Waals surface area contributed by atoms with E-state index < -0.39 is 17.7 Å². The number of aryl methyl sites for hydroxylation is 2. The Labute approximate surface area is 212 Å². The van der Waals surface area contributed by atoms with Gasteiger partial charge in [0.05, 0.1) is 5.52 Å². The second-order valence-electron chi connectivity index (χ2n) is 8.15. The molecule has 178 valence electrons. The third-order valence-electron chi connectivity index (χ3n) is 5.26. The second kappa shape index (κ2) is 10.2. The third-order valence-corrected chi connectivity index (χ3v) is 5.75. The number of amides is 3. The molecule has 0 unspecified atom stereocenters. The number of nitrogens with one attached hydrogen (secondary N) is 3. The Balaban J connectivity index is 1.57. The van der Waals surface area contributed by atoms with Gasteiger partial charge in [0, 0.05) is 27.7 Å². The number of fused-ring (bicyclic) bond motifs is 1. The molecule has 0 aliphatic heterocycles. The Bertz CT molecular complexity index is 1430. The quantitative estimate of drug-likeness (QED) is 0.323. The zero-order chi connectivity index (χ0) is 25.1. The van der Waals surface area contributed by atoms with Crippen LogP contribution in [0.15, 0.2) is 66.7 Å². The summed E-state index contributed by atoms with van der Waals surface area (Å²) in [6.07, 6.45) is 0. The second-order valence-corrected chi connectivity index (χ2v) is 9.02. The number of carbonyl (C=O) groups excluding carboxylic acids is 3. The van der Waals surface area contributed by atoms with Crippen molar-refractivity contribution in [1.82, 2.24) is 9.99 Å². The summed E-state index contributed by atoms with van der Waals surface area (Å²) in [6.45, 7) is 4.01. The normalized spacial score (nSPS) is 10.7. The SMILES string of the molecule is Cc1cc(C)cc(NC(=O)c2cc3cc(Cl)ccc3n2NC(=O)C(=O)NCc2ccc(Cl)cc2)c1. The van der Waals surface area contributed by atoms with E-state index in [0.29, 0.717) is 26.6 Å². The topological polar surface area (TPSA) is 92.2 Å². The van der Waals surface area contributed by atoms with Crippen LogP contribution in [-0.4, -0.2) is 22.4 Å². The largest absolute Gasteiger partial charge is 0.344 e. The van der Waals surface area contributed by atoms with Crippen molar-refractivity contribution in [2.75, 3.05) is 10.7 Å². The number of anilines is 1. The molecule has 3 amide bonds. The molecular formula is C26H22Cl2N4O3. The van der Waals surface area contributed by atoms with Gasteiger partial charge < -0.3 is 10.6 Å². The first-order valence-electron chi connectivity index (χ1n) is 10.7. The highest BCUT2D eigenvalue weighted by atomic mass is 35.5. The minimum absolute atomic E-state index is 0.139. The zero-order valence-corrected chi connectivity index (χ0v) is 20.5. The van der Waals surface area contributed by atoms with E-state index in [0.717, 1.165) is 16.7 Å². The average molecular weight is 509 g/mol. The standard InChI is InChI=1S/C26H22Cl2N4O3/c1-15-9-16(2)11-21(10-15)30-24(33)23-13-18-12-20(28)7-8-22(18)32(23)31-26(35)25(34)29-14-17-3-5-19(27)6-4-17/h3-13H,14H2,1-2H3,(H,29,34)(H,30,33)(H,31,35). The number of hydrogen-bond acceptors (Lipinski definition) is 3.